The predicted octanol–water partition coefficient (Wildman–Crippen LogP) is 3.48. The van der Waals surface area contributed by atoms with E-state index in [1.54, 1.807) is 18.3 Å². The summed E-state index contributed by atoms with van der Waals surface area (Å²) in [6, 6.07) is 11.6. The van der Waals surface area contributed by atoms with E-state index >= 15 is 0 Å². The van der Waals surface area contributed by atoms with Crippen molar-refractivity contribution >= 4 is 40.1 Å². The van der Waals surface area contributed by atoms with Crippen molar-refractivity contribution in [3.63, 3.8) is 0 Å². The van der Waals surface area contributed by atoms with E-state index in [0.29, 0.717) is 42.2 Å². The van der Waals surface area contributed by atoms with Crippen molar-refractivity contribution in [2.24, 2.45) is 7.05 Å². The van der Waals surface area contributed by atoms with Crippen molar-refractivity contribution in [2.75, 3.05) is 31.1 Å². The number of aryl methyl sites for hydroxylation is 1. The largest absolute Gasteiger partial charge is 0.480 e. The molecule has 0 amide bonds. The summed E-state index contributed by atoms with van der Waals surface area (Å²) in [5.74, 6) is -1.98. The summed E-state index contributed by atoms with van der Waals surface area (Å²) in [4.78, 5) is 27.8. The van der Waals surface area contributed by atoms with Crippen molar-refractivity contribution < 1.29 is 19.8 Å². The average Bonchev–Trinajstić information content (AvgIpc) is 3.04. The Morgan fingerprint density at radius 3 is 2.40 bits per heavy atom. The van der Waals surface area contributed by atoms with Gasteiger partial charge in [-0.25, -0.2) is 4.79 Å². The van der Waals surface area contributed by atoms with Gasteiger partial charge in [0.15, 0.2) is 0 Å². The standard InChI is InChI=1S/C22H22ClN3O4/c1-24-13-18(17-11-14(21(27)28)5-6-19(17)24)20(22(29)30)26-9-7-25(8-10-26)16-4-2-3-15(23)12-16/h2-6,11-13,20H,7-10H2,1H3,(H,27,28)(H,29,30). The minimum absolute atomic E-state index is 0.143. The van der Waals surface area contributed by atoms with Crippen LogP contribution in [0.15, 0.2) is 48.7 Å². The molecular formula is C22H22ClN3O4. The summed E-state index contributed by atoms with van der Waals surface area (Å²) in [6.45, 7) is 2.49. The molecule has 0 radical (unpaired) electrons. The van der Waals surface area contributed by atoms with Gasteiger partial charge in [0, 0.05) is 66.6 Å². The van der Waals surface area contributed by atoms with Gasteiger partial charge >= 0.3 is 11.9 Å². The highest BCUT2D eigenvalue weighted by molar-refractivity contribution is 6.30. The van der Waals surface area contributed by atoms with E-state index in [0.717, 1.165) is 11.2 Å². The minimum atomic E-state index is -1.03. The number of fused-ring (bicyclic) bond motifs is 1. The van der Waals surface area contributed by atoms with E-state index in [1.807, 2.05) is 40.8 Å². The maximum atomic E-state index is 12.3. The van der Waals surface area contributed by atoms with E-state index in [-0.39, 0.29) is 5.56 Å². The lowest BCUT2D eigenvalue weighted by atomic mass is 10.0. The third kappa shape index (κ3) is 3.74. The number of nitrogens with zero attached hydrogens (tertiary/aromatic N) is 3. The van der Waals surface area contributed by atoms with E-state index in [9.17, 15) is 19.8 Å². The van der Waals surface area contributed by atoms with Gasteiger partial charge in [0.2, 0.25) is 0 Å². The van der Waals surface area contributed by atoms with Crippen molar-refractivity contribution in [2.45, 2.75) is 6.04 Å². The van der Waals surface area contributed by atoms with Gasteiger partial charge in [0.25, 0.3) is 0 Å². The molecule has 1 atom stereocenters. The first-order valence-corrected chi connectivity index (χ1v) is 10.0. The number of aromatic nitrogens is 1. The molecule has 1 saturated heterocycles. The van der Waals surface area contributed by atoms with Gasteiger partial charge < -0.3 is 19.7 Å². The molecule has 4 rings (SSSR count). The van der Waals surface area contributed by atoms with Gasteiger partial charge in [-0.1, -0.05) is 17.7 Å². The molecule has 2 aromatic carbocycles. The van der Waals surface area contributed by atoms with Crippen LogP contribution in [0.5, 0.6) is 0 Å². The van der Waals surface area contributed by atoms with Crippen LogP contribution in [0.4, 0.5) is 5.69 Å². The summed E-state index contributed by atoms with van der Waals surface area (Å²) in [5, 5.41) is 20.7. The van der Waals surface area contributed by atoms with Gasteiger partial charge in [-0.2, -0.15) is 0 Å². The Bertz CT molecular complexity index is 1120. The molecule has 7 nitrogen and oxygen atoms in total. The number of aromatic carboxylic acids is 1. The third-order valence-electron chi connectivity index (χ3n) is 5.65. The number of aliphatic carboxylic acids is 1. The summed E-state index contributed by atoms with van der Waals surface area (Å²) in [5.41, 5.74) is 2.58. The Labute approximate surface area is 178 Å². The lowest BCUT2D eigenvalue weighted by molar-refractivity contribution is -0.143. The van der Waals surface area contributed by atoms with E-state index in [1.165, 1.54) is 6.07 Å². The van der Waals surface area contributed by atoms with Gasteiger partial charge in [-0.05, 0) is 36.4 Å². The average molecular weight is 428 g/mol. The fraction of sp³-hybridized carbons (Fsp3) is 0.273. The van der Waals surface area contributed by atoms with Crippen LogP contribution in [0.25, 0.3) is 10.9 Å². The Kier molecular flexibility index (Phi) is 5.40. The summed E-state index contributed by atoms with van der Waals surface area (Å²) in [7, 11) is 1.84. The molecule has 1 aliphatic rings. The minimum Gasteiger partial charge on any atom is -0.480 e. The van der Waals surface area contributed by atoms with Crippen molar-refractivity contribution in [3.8, 4) is 0 Å². The molecule has 1 aromatic heterocycles. The Hall–Kier alpha value is -3.03. The molecule has 3 aromatic rings. The maximum Gasteiger partial charge on any atom is 0.335 e. The smallest absolute Gasteiger partial charge is 0.335 e. The number of carboxylic acid groups (broad SMARTS) is 2. The molecule has 2 heterocycles. The number of halogens is 1. The molecule has 0 saturated carbocycles. The maximum absolute atomic E-state index is 12.3. The zero-order valence-corrected chi connectivity index (χ0v) is 17.2. The summed E-state index contributed by atoms with van der Waals surface area (Å²) < 4.78 is 1.84. The number of hydrogen-bond acceptors (Lipinski definition) is 4. The normalized spacial score (nSPS) is 16.0. The van der Waals surface area contributed by atoms with Crippen LogP contribution < -0.4 is 4.90 Å². The molecule has 0 bridgehead atoms. The molecule has 30 heavy (non-hydrogen) atoms. The van der Waals surface area contributed by atoms with Crippen LogP contribution in [0.3, 0.4) is 0 Å². The van der Waals surface area contributed by atoms with Gasteiger partial charge in [0.05, 0.1) is 5.56 Å². The highest BCUT2D eigenvalue weighted by atomic mass is 35.5. The molecule has 156 valence electrons. The van der Waals surface area contributed by atoms with Crippen LogP contribution in [0.1, 0.15) is 22.0 Å². The van der Waals surface area contributed by atoms with Crippen LogP contribution >= 0.6 is 11.6 Å². The lowest BCUT2D eigenvalue weighted by Crippen LogP contribution is -2.49. The van der Waals surface area contributed by atoms with Crippen LogP contribution in [0.2, 0.25) is 5.02 Å². The summed E-state index contributed by atoms with van der Waals surface area (Å²) >= 11 is 6.10. The number of piperazine rings is 1. The van der Waals surface area contributed by atoms with Crippen molar-refractivity contribution in [3.05, 3.63) is 64.8 Å². The quantitative estimate of drug-likeness (QED) is 0.648. The van der Waals surface area contributed by atoms with Gasteiger partial charge in [-0.15, -0.1) is 0 Å². The van der Waals surface area contributed by atoms with Crippen molar-refractivity contribution in [1.29, 1.82) is 0 Å². The number of anilines is 1. The molecule has 1 fully saturated rings. The Balaban J connectivity index is 1.63. The number of hydrogen-bond donors (Lipinski definition) is 2. The van der Waals surface area contributed by atoms with Crippen LogP contribution in [-0.4, -0.2) is 57.8 Å². The molecule has 1 aliphatic heterocycles. The Morgan fingerprint density at radius 2 is 1.77 bits per heavy atom. The third-order valence-corrected chi connectivity index (χ3v) is 5.88. The highest BCUT2D eigenvalue weighted by Gasteiger charge is 2.32. The molecule has 0 aliphatic carbocycles. The topological polar surface area (TPSA) is 86.0 Å². The predicted molar refractivity (Wildman–Crippen MR) is 115 cm³/mol. The number of benzene rings is 2. The molecule has 0 spiro atoms. The second-order valence-corrected chi connectivity index (χ2v) is 7.91. The zero-order valence-electron chi connectivity index (χ0n) is 16.5. The summed E-state index contributed by atoms with van der Waals surface area (Å²) in [6.07, 6.45) is 1.79. The van der Waals surface area contributed by atoms with Gasteiger partial charge in [0.1, 0.15) is 6.04 Å². The molecular weight excluding hydrogens is 406 g/mol. The lowest BCUT2D eigenvalue weighted by Gasteiger charge is -2.38. The Morgan fingerprint density at radius 1 is 1.03 bits per heavy atom. The highest BCUT2D eigenvalue weighted by Crippen LogP contribution is 2.32. The van der Waals surface area contributed by atoms with E-state index < -0.39 is 18.0 Å². The zero-order chi connectivity index (χ0) is 21.4. The first kappa shape index (κ1) is 20.3. The fourth-order valence-electron chi connectivity index (χ4n) is 4.17. The number of rotatable bonds is 5. The van der Waals surface area contributed by atoms with Crippen LogP contribution in [0, 0.1) is 0 Å². The molecule has 8 heteroatoms. The number of carboxylic acids is 2. The second kappa shape index (κ2) is 8.01. The second-order valence-electron chi connectivity index (χ2n) is 7.48. The van der Waals surface area contributed by atoms with E-state index in [2.05, 4.69) is 4.90 Å². The van der Waals surface area contributed by atoms with Gasteiger partial charge in [-0.3, -0.25) is 9.69 Å². The number of carbonyl (C=O) groups is 2. The fourth-order valence-corrected chi connectivity index (χ4v) is 4.36. The molecule has 2 N–H and O–H groups in total. The first-order chi connectivity index (χ1) is 14.3. The first-order valence-electron chi connectivity index (χ1n) is 9.65. The monoisotopic (exact) mass is 427 g/mol. The SMILES string of the molecule is Cn1cc(C(C(=O)O)N2CCN(c3cccc(Cl)c3)CC2)c2cc(C(=O)O)ccc21. The van der Waals surface area contributed by atoms with Crippen molar-refractivity contribution in [1.82, 2.24) is 9.47 Å². The van der Waals surface area contributed by atoms with Crippen LogP contribution in [-0.2, 0) is 11.8 Å². The van der Waals surface area contributed by atoms with E-state index in [4.69, 9.17) is 11.6 Å². The molecule has 1 unspecified atom stereocenters.